The second-order valence-electron chi connectivity index (χ2n) is 6.10. The molecule has 0 unspecified atom stereocenters. The largest absolute Gasteiger partial charge is 0.379 e. The van der Waals surface area contributed by atoms with Crippen molar-refractivity contribution in [2.75, 3.05) is 43.5 Å². The predicted octanol–water partition coefficient (Wildman–Crippen LogP) is 2.49. The Balaban J connectivity index is 1.54. The van der Waals surface area contributed by atoms with E-state index in [0.717, 1.165) is 25.2 Å². The van der Waals surface area contributed by atoms with Crippen LogP contribution in [0.4, 0.5) is 20.2 Å². The second kappa shape index (κ2) is 8.70. The van der Waals surface area contributed by atoms with E-state index in [-0.39, 0.29) is 18.0 Å². The highest BCUT2D eigenvalue weighted by Gasteiger charge is 2.14. The van der Waals surface area contributed by atoms with Crippen molar-refractivity contribution in [2.24, 2.45) is 0 Å². The van der Waals surface area contributed by atoms with Crippen molar-refractivity contribution >= 4 is 23.2 Å². The molecule has 0 spiro atoms. The highest BCUT2D eigenvalue weighted by atomic mass is 19.2. The first kappa shape index (κ1) is 18.9. The van der Waals surface area contributed by atoms with Gasteiger partial charge in [-0.3, -0.25) is 14.5 Å². The number of nitrogens with zero attached hydrogens (tertiary/aromatic N) is 1. The molecule has 0 atom stereocenters. The zero-order valence-electron chi connectivity index (χ0n) is 14.5. The SMILES string of the molecule is O=C(CN1CCOCC1)Nc1ccc(NC(=O)c2ccc(F)c(F)c2)cc1. The average Bonchev–Trinajstić information content (AvgIpc) is 2.66. The third kappa shape index (κ3) is 5.32. The molecule has 2 aromatic carbocycles. The van der Waals surface area contributed by atoms with Gasteiger partial charge in [0.2, 0.25) is 5.91 Å². The predicted molar refractivity (Wildman–Crippen MR) is 96.6 cm³/mol. The zero-order chi connectivity index (χ0) is 19.2. The molecule has 1 aliphatic heterocycles. The Hall–Kier alpha value is -2.84. The molecule has 0 bridgehead atoms. The van der Waals surface area contributed by atoms with Gasteiger partial charge in [-0.1, -0.05) is 0 Å². The monoisotopic (exact) mass is 375 g/mol. The topological polar surface area (TPSA) is 70.7 Å². The van der Waals surface area contributed by atoms with Crippen molar-refractivity contribution in [1.82, 2.24) is 4.90 Å². The minimum atomic E-state index is -1.08. The summed E-state index contributed by atoms with van der Waals surface area (Å²) in [6.07, 6.45) is 0. The first-order valence-corrected chi connectivity index (χ1v) is 8.48. The van der Waals surface area contributed by atoms with Gasteiger partial charge in [0.15, 0.2) is 11.6 Å². The molecule has 6 nitrogen and oxygen atoms in total. The van der Waals surface area contributed by atoms with E-state index in [9.17, 15) is 18.4 Å². The van der Waals surface area contributed by atoms with Gasteiger partial charge >= 0.3 is 0 Å². The van der Waals surface area contributed by atoms with Crippen molar-refractivity contribution in [3.8, 4) is 0 Å². The molecule has 27 heavy (non-hydrogen) atoms. The van der Waals surface area contributed by atoms with Crippen LogP contribution in [0.15, 0.2) is 42.5 Å². The maximum Gasteiger partial charge on any atom is 0.255 e. The Bertz CT molecular complexity index is 821. The summed E-state index contributed by atoms with van der Waals surface area (Å²) in [6.45, 7) is 2.99. The maximum absolute atomic E-state index is 13.2. The third-order valence-corrected chi connectivity index (χ3v) is 4.08. The maximum atomic E-state index is 13.2. The standard InChI is InChI=1S/C19H19F2N3O3/c20-16-6-1-13(11-17(16)21)19(26)23-15-4-2-14(3-5-15)22-18(25)12-24-7-9-27-10-8-24/h1-6,11H,7-10,12H2,(H,22,25)(H,23,26). The summed E-state index contributed by atoms with van der Waals surface area (Å²) in [5, 5.41) is 5.38. The van der Waals surface area contributed by atoms with Gasteiger partial charge in [-0.2, -0.15) is 0 Å². The molecule has 142 valence electrons. The fourth-order valence-electron chi connectivity index (χ4n) is 2.64. The number of anilines is 2. The van der Waals surface area contributed by atoms with Gasteiger partial charge in [-0.25, -0.2) is 8.78 Å². The fraction of sp³-hybridized carbons (Fsp3) is 0.263. The lowest BCUT2D eigenvalue weighted by Crippen LogP contribution is -2.41. The summed E-state index contributed by atoms with van der Waals surface area (Å²) in [7, 11) is 0. The van der Waals surface area contributed by atoms with E-state index >= 15 is 0 Å². The third-order valence-electron chi connectivity index (χ3n) is 4.08. The molecule has 8 heteroatoms. The van der Waals surface area contributed by atoms with E-state index < -0.39 is 17.5 Å². The first-order chi connectivity index (χ1) is 13.0. The van der Waals surface area contributed by atoms with Crippen molar-refractivity contribution in [1.29, 1.82) is 0 Å². The van der Waals surface area contributed by atoms with Crippen LogP contribution < -0.4 is 10.6 Å². The molecular weight excluding hydrogens is 356 g/mol. The van der Waals surface area contributed by atoms with Gasteiger partial charge in [0, 0.05) is 30.0 Å². The molecule has 1 heterocycles. The van der Waals surface area contributed by atoms with Crippen LogP contribution in [0.25, 0.3) is 0 Å². The summed E-state index contributed by atoms with van der Waals surface area (Å²) < 4.78 is 31.4. The molecule has 1 aliphatic rings. The summed E-state index contributed by atoms with van der Waals surface area (Å²) in [6, 6.07) is 9.47. The Morgan fingerprint density at radius 1 is 0.926 bits per heavy atom. The number of halogens is 2. The molecule has 0 aliphatic carbocycles. The molecule has 2 amide bonds. The number of carbonyl (C=O) groups excluding carboxylic acids is 2. The highest BCUT2D eigenvalue weighted by molar-refractivity contribution is 6.04. The molecule has 2 aromatic rings. The Labute approximate surface area is 155 Å². The highest BCUT2D eigenvalue weighted by Crippen LogP contribution is 2.16. The minimum Gasteiger partial charge on any atom is -0.379 e. The molecule has 1 saturated heterocycles. The van der Waals surface area contributed by atoms with Crippen LogP contribution in [0.1, 0.15) is 10.4 Å². The summed E-state index contributed by atoms with van der Waals surface area (Å²) in [5.74, 6) is -2.78. The number of amides is 2. The number of nitrogens with one attached hydrogen (secondary N) is 2. The average molecular weight is 375 g/mol. The van der Waals surface area contributed by atoms with E-state index in [1.54, 1.807) is 24.3 Å². The van der Waals surface area contributed by atoms with Crippen LogP contribution in [0.5, 0.6) is 0 Å². The van der Waals surface area contributed by atoms with Gasteiger partial charge in [-0.15, -0.1) is 0 Å². The lowest BCUT2D eigenvalue weighted by atomic mass is 10.2. The van der Waals surface area contributed by atoms with Crippen LogP contribution >= 0.6 is 0 Å². The van der Waals surface area contributed by atoms with E-state index in [0.29, 0.717) is 24.6 Å². The van der Waals surface area contributed by atoms with Crippen molar-refractivity contribution in [3.05, 3.63) is 59.7 Å². The summed E-state index contributed by atoms with van der Waals surface area (Å²) in [4.78, 5) is 26.1. The summed E-state index contributed by atoms with van der Waals surface area (Å²) >= 11 is 0. The first-order valence-electron chi connectivity index (χ1n) is 8.48. The fourth-order valence-corrected chi connectivity index (χ4v) is 2.64. The Morgan fingerprint density at radius 3 is 2.19 bits per heavy atom. The van der Waals surface area contributed by atoms with Crippen LogP contribution in [0.3, 0.4) is 0 Å². The number of benzene rings is 2. The van der Waals surface area contributed by atoms with Crippen molar-refractivity contribution in [2.45, 2.75) is 0 Å². The molecule has 0 aromatic heterocycles. The van der Waals surface area contributed by atoms with Crippen LogP contribution in [-0.2, 0) is 9.53 Å². The smallest absolute Gasteiger partial charge is 0.255 e. The molecule has 2 N–H and O–H groups in total. The van der Waals surface area contributed by atoms with Gasteiger partial charge < -0.3 is 15.4 Å². The molecule has 0 radical (unpaired) electrons. The second-order valence-corrected chi connectivity index (χ2v) is 6.10. The molecule has 1 fully saturated rings. The molecule has 3 rings (SSSR count). The number of morpholine rings is 1. The van der Waals surface area contributed by atoms with Crippen LogP contribution in [0.2, 0.25) is 0 Å². The van der Waals surface area contributed by atoms with Gasteiger partial charge in [0.1, 0.15) is 0 Å². The lowest BCUT2D eigenvalue weighted by molar-refractivity contribution is -0.118. The minimum absolute atomic E-state index is 0.0109. The van der Waals surface area contributed by atoms with Gasteiger partial charge in [0.25, 0.3) is 5.91 Å². The van der Waals surface area contributed by atoms with E-state index in [1.807, 2.05) is 4.90 Å². The van der Waals surface area contributed by atoms with Crippen molar-refractivity contribution < 1.29 is 23.1 Å². The zero-order valence-corrected chi connectivity index (χ0v) is 14.5. The van der Waals surface area contributed by atoms with Crippen molar-refractivity contribution in [3.63, 3.8) is 0 Å². The van der Waals surface area contributed by atoms with Gasteiger partial charge in [-0.05, 0) is 42.5 Å². The lowest BCUT2D eigenvalue weighted by Gasteiger charge is -2.25. The Kier molecular flexibility index (Phi) is 6.10. The van der Waals surface area contributed by atoms with Gasteiger partial charge in [0.05, 0.1) is 19.8 Å². The Morgan fingerprint density at radius 2 is 1.56 bits per heavy atom. The number of hydrogen-bond donors (Lipinski definition) is 2. The van der Waals surface area contributed by atoms with E-state index in [4.69, 9.17) is 4.74 Å². The quantitative estimate of drug-likeness (QED) is 0.842. The van der Waals surface area contributed by atoms with Crippen LogP contribution in [-0.4, -0.2) is 49.6 Å². The normalized spacial score (nSPS) is 14.6. The van der Waals surface area contributed by atoms with Crippen LogP contribution in [0, 0.1) is 11.6 Å². The number of carbonyl (C=O) groups is 2. The number of ether oxygens (including phenoxy) is 1. The summed E-state index contributed by atoms with van der Waals surface area (Å²) in [5.41, 5.74) is 1.08. The molecular formula is C19H19F2N3O3. The van der Waals surface area contributed by atoms with E-state index in [2.05, 4.69) is 10.6 Å². The number of hydrogen-bond acceptors (Lipinski definition) is 4. The molecule has 0 saturated carbocycles. The number of rotatable bonds is 5. The van der Waals surface area contributed by atoms with E-state index in [1.165, 1.54) is 6.07 Å².